The molecule has 0 amide bonds. The second-order valence-electron chi connectivity index (χ2n) is 7.77. The topological polar surface area (TPSA) is 64.8 Å². The summed E-state index contributed by atoms with van der Waals surface area (Å²) < 4.78 is 0. The molecule has 1 aromatic rings. The smallest absolute Gasteiger partial charge is 1.00 e. The minimum Gasteiger partial charge on any atom is -1.00 e. The van der Waals surface area contributed by atoms with E-state index in [1.807, 2.05) is 18.2 Å². The fourth-order valence-electron chi connectivity index (χ4n) is 4.05. The van der Waals surface area contributed by atoms with Crippen molar-refractivity contribution in [3.8, 4) is 5.75 Å². The molecule has 0 spiro atoms. The molecule has 1 aromatic carbocycles. The predicted octanol–water partition coefficient (Wildman–Crippen LogP) is -0.869. The van der Waals surface area contributed by atoms with Crippen LogP contribution in [0.25, 0.3) is 0 Å². The summed E-state index contributed by atoms with van der Waals surface area (Å²) in [4.78, 5) is 4.86. The van der Waals surface area contributed by atoms with Crippen LogP contribution < -0.4 is 40.6 Å². The van der Waals surface area contributed by atoms with Crippen molar-refractivity contribution in [3.63, 3.8) is 0 Å². The van der Waals surface area contributed by atoms with Crippen molar-refractivity contribution >= 4 is 8.41 Å². The monoisotopic (exact) mass is 397 g/mol. The van der Waals surface area contributed by atoms with Gasteiger partial charge in [-0.3, -0.25) is 0 Å². The van der Waals surface area contributed by atoms with E-state index in [9.17, 15) is 5.11 Å². The number of phenolic OH excluding ortho intramolecular Hbond substituents is 1. The molecule has 2 aliphatic rings. The Kier molecular flexibility index (Phi) is 15.7. The third-order valence-corrected chi connectivity index (χ3v) is 5.74. The van der Waals surface area contributed by atoms with Gasteiger partial charge in [-0.25, -0.2) is 0 Å². The van der Waals surface area contributed by atoms with Gasteiger partial charge in [-0.15, -0.1) is 0 Å². The number of nitrogens with zero attached hydrogens (tertiary/aromatic N) is 2. The van der Waals surface area contributed by atoms with Gasteiger partial charge in [0.25, 0.3) is 0 Å². The zero-order chi connectivity index (χ0) is 18.8. The first-order valence-corrected chi connectivity index (χ1v) is 10.2. The van der Waals surface area contributed by atoms with E-state index in [4.69, 9.17) is 5.73 Å². The number of benzene rings is 1. The van der Waals surface area contributed by atoms with Crippen molar-refractivity contribution in [2.75, 3.05) is 40.3 Å². The molecule has 153 valence electrons. The molecule has 4 N–H and O–H groups in total. The van der Waals surface area contributed by atoms with E-state index in [0.717, 1.165) is 37.3 Å². The number of hydrogen-bond donors (Lipinski definition) is 3. The largest absolute Gasteiger partial charge is 1.00 e. The van der Waals surface area contributed by atoms with Crippen molar-refractivity contribution in [2.24, 2.45) is 5.73 Å². The van der Waals surface area contributed by atoms with Gasteiger partial charge in [0.1, 0.15) is 5.75 Å². The fraction of sp³-hybridized carbons (Fsp3) is 0.714. The summed E-state index contributed by atoms with van der Waals surface area (Å²) in [6, 6.07) is 8.98. The van der Waals surface area contributed by atoms with Gasteiger partial charge in [0.2, 0.25) is 0 Å². The predicted molar refractivity (Wildman–Crippen MR) is 116 cm³/mol. The number of likely N-dealkylation sites (tertiary alicyclic amines) is 2. The molecule has 0 unspecified atom stereocenters. The van der Waals surface area contributed by atoms with Gasteiger partial charge in [0.15, 0.2) is 0 Å². The van der Waals surface area contributed by atoms with Gasteiger partial charge in [0, 0.05) is 27.0 Å². The van der Waals surface area contributed by atoms with E-state index in [0.29, 0.717) is 5.75 Å². The van der Waals surface area contributed by atoms with Crippen LogP contribution in [0.1, 0.15) is 45.5 Å². The van der Waals surface area contributed by atoms with Gasteiger partial charge in [-0.2, -0.15) is 0 Å². The molecule has 0 aromatic heterocycles. The third kappa shape index (κ3) is 10.1. The molecule has 7 heteroatoms. The summed E-state index contributed by atoms with van der Waals surface area (Å²) in [7, 11) is 4.40. The van der Waals surface area contributed by atoms with Crippen LogP contribution in [-0.2, 0) is 6.54 Å². The van der Waals surface area contributed by atoms with E-state index < -0.39 is 0 Å². The average Bonchev–Trinajstić information content (AvgIpc) is 3.21. The van der Waals surface area contributed by atoms with Crippen molar-refractivity contribution in [3.05, 3.63) is 29.8 Å². The maximum atomic E-state index is 9.34. The standard InChI is InChI=1S/C14H22N2O.C7H16N2.B.Na.H/c1-16-9-3-5-13(16)7-8-15-11-12-4-2-6-14(17)10-12;1-9-6-2-3-7(9)4-5-8;;;/h2,4,6,10,13,15,17H,3,5,7-9,11H2,1H3;7H,2-6,8H2,1H3;;;/q;;;+1;-1/t13-;7-;;;/m00.../s1. The number of nitrogens with two attached hydrogens (primary N) is 1. The van der Waals surface area contributed by atoms with E-state index in [1.54, 1.807) is 6.07 Å². The number of rotatable bonds is 7. The molecule has 2 atom stereocenters. The molecule has 28 heavy (non-hydrogen) atoms. The number of hydrogen-bond acceptors (Lipinski definition) is 5. The van der Waals surface area contributed by atoms with Crippen LogP contribution in [0.4, 0.5) is 0 Å². The number of phenols is 1. The second-order valence-corrected chi connectivity index (χ2v) is 7.77. The number of aromatic hydroxyl groups is 1. The molecule has 0 saturated carbocycles. The van der Waals surface area contributed by atoms with Crippen LogP contribution in [0.5, 0.6) is 5.75 Å². The summed E-state index contributed by atoms with van der Waals surface area (Å²) in [6.45, 7) is 5.24. The first kappa shape index (κ1) is 27.9. The zero-order valence-corrected chi connectivity index (χ0v) is 20.2. The van der Waals surface area contributed by atoms with Gasteiger partial charge >= 0.3 is 29.6 Å². The Bertz CT molecular complexity index is 529. The second kappa shape index (κ2) is 15.7. The molecule has 2 aliphatic heterocycles. The van der Waals surface area contributed by atoms with E-state index >= 15 is 0 Å². The van der Waals surface area contributed by atoms with E-state index in [-0.39, 0.29) is 39.4 Å². The number of nitrogens with one attached hydrogen (secondary N) is 1. The van der Waals surface area contributed by atoms with Crippen LogP contribution in [0.15, 0.2) is 24.3 Å². The summed E-state index contributed by atoms with van der Waals surface area (Å²) >= 11 is 0. The van der Waals surface area contributed by atoms with Crippen molar-refractivity contribution in [1.29, 1.82) is 0 Å². The maximum Gasteiger partial charge on any atom is 1.00 e. The Labute approximate surface area is 197 Å². The van der Waals surface area contributed by atoms with Gasteiger partial charge in [-0.05, 0) is 96.5 Å². The van der Waals surface area contributed by atoms with Crippen molar-refractivity contribution in [2.45, 2.75) is 57.2 Å². The Morgan fingerprint density at radius 1 is 1.11 bits per heavy atom. The van der Waals surface area contributed by atoms with Gasteiger partial charge in [0.05, 0.1) is 0 Å². The van der Waals surface area contributed by atoms with E-state index in [1.165, 1.54) is 51.6 Å². The zero-order valence-electron chi connectivity index (χ0n) is 19.2. The Morgan fingerprint density at radius 3 is 2.21 bits per heavy atom. The minimum absolute atomic E-state index is 0. The summed E-state index contributed by atoms with van der Waals surface area (Å²) in [5.41, 5.74) is 6.59. The molecular weight excluding hydrogens is 358 g/mol. The Morgan fingerprint density at radius 2 is 1.71 bits per heavy atom. The molecule has 0 aliphatic carbocycles. The maximum absolute atomic E-state index is 9.34. The van der Waals surface area contributed by atoms with Gasteiger partial charge < -0.3 is 27.4 Å². The van der Waals surface area contributed by atoms with E-state index in [2.05, 4.69) is 29.2 Å². The molecular formula is C21H39BN4NaO. The summed E-state index contributed by atoms with van der Waals surface area (Å²) in [5.74, 6) is 0.347. The first-order valence-electron chi connectivity index (χ1n) is 10.2. The third-order valence-electron chi connectivity index (χ3n) is 5.74. The molecule has 3 radical (unpaired) electrons. The molecule has 0 bridgehead atoms. The van der Waals surface area contributed by atoms with Crippen LogP contribution in [0.2, 0.25) is 0 Å². The summed E-state index contributed by atoms with van der Waals surface area (Å²) in [5, 5.41) is 12.8. The van der Waals surface area contributed by atoms with Crippen LogP contribution in [0, 0.1) is 0 Å². The normalized spacial score (nSPS) is 22.1. The quantitative estimate of drug-likeness (QED) is 0.413. The molecule has 2 heterocycles. The molecule has 5 nitrogen and oxygen atoms in total. The average molecular weight is 397 g/mol. The van der Waals surface area contributed by atoms with Crippen LogP contribution in [-0.4, -0.2) is 75.7 Å². The summed E-state index contributed by atoms with van der Waals surface area (Å²) in [6.07, 6.45) is 7.79. The molecule has 2 saturated heterocycles. The van der Waals surface area contributed by atoms with Crippen molar-refractivity contribution < 1.29 is 36.1 Å². The van der Waals surface area contributed by atoms with Crippen LogP contribution in [0.3, 0.4) is 0 Å². The van der Waals surface area contributed by atoms with Crippen molar-refractivity contribution in [1.82, 2.24) is 15.1 Å². The van der Waals surface area contributed by atoms with Crippen LogP contribution >= 0.6 is 0 Å². The Hall–Kier alpha value is -0.0751. The fourth-order valence-corrected chi connectivity index (χ4v) is 4.05. The minimum atomic E-state index is 0. The SMILES string of the molecule is CN1CCC[C@H]1CCN.CN1CCC[C@H]1CCNCc1cccc(O)c1.[B].[H-].[Na+]. The molecule has 2 fully saturated rings. The first-order chi connectivity index (χ1) is 12.6. The Balaban J connectivity index is 0. The molecule has 3 rings (SSSR count). The van der Waals surface area contributed by atoms with Gasteiger partial charge in [-0.1, -0.05) is 12.1 Å².